The number of aryl methyl sites for hydroxylation is 2. The molecular formula is C15H20O. The molecule has 0 radical (unpaired) electrons. The highest BCUT2D eigenvalue weighted by molar-refractivity contribution is 5.82. The number of hydrogen-bond acceptors (Lipinski definition) is 1. The summed E-state index contributed by atoms with van der Waals surface area (Å²) in [4.78, 5) is 0. The molecule has 1 heteroatoms. The van der Waals surface area contributed by atoms with Gasteiger partial charge < -0.3 is 4.42 Å². The van der Waals surface area contributed by atoms with Crippen LogP contribution in [-0.4, -0.2) is 0 Å². The third-order valence-electron chi connectivity index (χ3n) is 2.66. The molecule has 1 heterocycles. The number of furan rings is 1. The Hall–Kier alpha value is -1.24. The molecule has 0 aliphatic rings. The van der Waals surface area contributed by atoms with E-state index in [0.29, 0.717) is 22.3 Å². The molecule has 1 aromatic carbocycles. The van der Waals surface area contributed by atoms with Crippen molar-refractivity contribution in [3.63, 3.8) is 0 Å². The number of fused-ring (bicyclic) bond motifs is 1. The van der Waals surface area contributed by atoms with Gasteiger partial charge in [0.05, 0.1) is 0 Å². The normalized spacial score (nSPS) is 15.9. The Kier molecular flexibility index (Phi) is 1.81. The smallest absolute Gasteiger partial charge is 0.134 e. The Labute approximate surface area is 102 Å². The molecule has 0 fully saturated rings. The molecule has 0 N–H and O–H groups in total. The zero-order chi connectivity index (χ0) is 14.4. The molecule has 1 aromatic heterocycles. The molecular weight excluding hydrogens is 196 g/mol. The molecule has 0 bridgehead atoms. The van der Waals surface area contributed by atoms with E-state index in [2.05, 4.69) is 20.8 Å². The van der Waals surface area contributed by atoms with Gasteiger partial charge in [-0.15, -0.1) is 0 Å². The average Bonchev–Trinajstić information content (AvgIpc) is 2.49. The fourth-order valence-corrected chi connectivity index (χ4v) is 1.99. The van der Waals surface area contributed by atoms with E-state index in [0.717, 1.165) is 6.42 Å². The van der Waals surface area contributed by atoms with Gasteiger partial charge in [0.2, 0.25) is 0 Å². The van der Waals surface area contributed by atoms with Crippen molar-refractivity contribution in [2.45, 2.75) is 41.0 Å². The van der Waals surface area contributed by atoms with Crippen LogP contribution in [0.5, 0.6) is 0 Å². The highest BCUT2D eigenvalue weighted by Crippen LogP contribution is 2.28. The number of benzene rings is 1. The first-order valence-corrected chi connectivity index (χ1v) is 5.60. The lowest BCUT2D eigenvalue weighted by Gasteiger charge is -2.17. The van der Waals surface area contributed by atoms with Gasteiger partial charge in [-0.2, -0.15) is 0 Å². The van der Waals surface area contributed by atoms with Crippen molar-refractivity contribution in [2.24, 2.45) is 5.41 Å². The van der Waals surface area contributed by atoms with Gasteiger partial charge >= 0.3 is 0 Å². The fraction of sp³-hybridized carbons (Fsp3) is 0.467. The van der Waals surface area contributed by atoms with Crippen LogP contribution in [0.15, 0.2) is 22.6 Å². The molecule has 0 aliphatic heterocycles. The van der Waals surface area contributed by atoms with Crippen molar-refractivity contribution in [1.29, 1.82) is 0 Å². The van der Waals surface area contributed by atoms with Crippen LogP contribution in [-0.2, 0) is 6.42 Å². The number of rotatable bonds is 1. The lowest BCUT2D eigenvalue weighted by atomic mass is 9.88. The molecule has 0 unspecified atom stereocenters. The van der Waals surface area contributed by atoms with E-state index in [4.69, 9.17) is 8.53 Å². The van der Waals surface area contributed by atoms with E-state index < -0.39 is 6.85 Å². The van der Waals surface area contributed by atoms with Crippen molar-refractivity contribution in [2.75, 3.05) is 0 Å². The SMILES string of the molecule is [2H]C([2H])([2H])c1c(C)oc2cc(CC(C)(C)C)ccc12. The molecule has 16 heavy (non-hydrogen) atoms. The second-order valence-electron chi connectivity index (χ2n) is 5.60. The van der Waals surface area contributed by atoms with Crippen LogP contribution >= 0.6 is 0 Å². The standard InChI is InChI=1S/C15H20O/c1-10-11(2)16-14-8-12(6-7-13(10)14)9-15(3,4)5/h6-8H,9H2,1-5H3/i1D3. The summed E-state index contributed by atoms with van der Waals surface area (Å²) in [7, 11) is 0. The molecule has 0 atom stereocenters. The van der Waals surface area contributed by atoms with Crippen LogP contribution in [0.4, 0.5) is 0 Å². The van der Waals surface area contributed by atoms with E-state index in [1.54, 1.807) is 6.92 Å². The van der Waals surface area contributed by atoms with Crippen molar-refractivity contribution in [3.05, 3.63) is 35.1 Å². The van der Waals surface area contributed by atoms with Gasteiger partial charge in [-0.25, -0.2) is 0 Å². The van der Waals surface area contributed by atoms with Crippen molar-refractivity contribution in [3.8, 4) is 0 Å². The maximum atomic E-state index is 7.58. The second kappa shape index (κ2) is 3.65. The van der Waals surface area contributed by atoms with E-state index in [1.165, 1.54) is 5.56 Å². The summed E-state index contributed by atoms with van der Waals surface area (Å²) in [5, 5.41) is 0.704. The molecule has 0 aliphatic carbocycles. The van der Waals surface area contributed by atoms with Gasteiger partial charge in [0.25, 0.3) is 0 Å². The van der Waals surface area contributed by atoms with E-state index >= 15 is 0 Å². The quantitative estimate of drug-likeness (QED) is 0.681. The van der Waals surface area contributed by atoms with Crippen LogP contribution in [0, 0.1) is 19.2 Å². The van der Waals surface area contributed by atoms with Crippen molar-refractivity contribution >= 4 is 11.0 Å². The Morgan fingerprint density at radius 3 is 2.69 bits per heavy atom. The van der Waals surface area contributed by atoms with Gasteiger partial charge in [0, 0.05) is 9.50 Å². The Balaban J connectivity index is 2.53. The molecule has 86 valence electrons. The lowest BCUT2D eigenvalue weighted by Crippen LogP contribution is -2.08. The second-order valence-corrected chi connectivity index (χ2v) is 5.60. The van der Waals surface area contributed by atoms with Crippen LogP contribution in [0.3, 0.4) is 0 Å². The van der Waals surface area contributed by atoms with Crippen molar-refractivity contribution < 1.29 is 8.53 Å². The minimum absolute atomic E-state index is 0.197. The Bertz CT molecular complexity index is 600. The molecule has 2 rings (SSSR count). The monoisotopic (exact) mass is 219 g/mol. The fourth-order valence-electron chi connectivity index (χ4n) is 1.99. The third kappa shape index (κ3) is 2.13. The highest BCUT2D eigenvalue weighted by atomic mass is 16.3. The van der Waals surface area contributed by atoms with Crippen LogP contribution in [0.25, 0.3) is 11.0 Å². The maximum absolute atomic E-state index is 7.58. The lowest BCUT2D eigenvalue weighted by molar-refractivity contribution is 0.411. The van der Waals surface area contributed by atoms with E-state index in [9.17, 15) is 0 Å². The molecule has 2 aromatic rings. The molecule has 0 saturated heterocycles. The summed E-state index contributed by atoms with van der Waals surface area (Å²) in [6, 6.07) is 5.83. The van der Waals surface area contributed by atoms with E-state index in [-0.39, 0.29) is 5.41 Å². The minimum atomic E-state index is -2.12. The first-order chi connectivity index (χ1) is 8.58. The first-order valence-electron chi connectivity index (χ1n) is 7.10. The van der Waals surface area contributed by atoms with Gasteiger partial charge in [-0.3, -0.25) is 0 Å². The molecule has 0 spiro atoms. The van der Waals surface area contributed by atoms with Crippen LogP contribution in [0.2, 0.25) is 0 Å². The average molecular weight is 219 g/mol. The van der Waals surface area contributed by atoms with Crippen LogP contribution < -0.4 is 0 Å². The predicted molar refractivity (Wildman–Crippen MR) is 68.8 cm³/mol. The summed E-state index contributed by atoms with van der Waals surface area (Å²) in [5.41, 5.74) is 2.38. The molecule has 0 saturated carbocycles. The maximum Gasteiger partial charge on any atom is 0.134 e. The van der Waals surface area contributed by atoms with E-state index in [1.807, 2.05) is 18.2 Å². The topological polar surface area (TPSA) is 13.1 Å². The summed E-state index contributed by atoms with van der Waals surface area (Å²) in [6.45, 7) is 6.13. The Morgan fingerprint density at radius 2 is 2.06 bits per heavy atom. The summed E-state index contributed by atoms with van der Waals surface area (Å²) < 4.78 is 28.4. The van der Waals surface area contributed by atoms with Crippen LogP contribution in [0.1, 0.15) is 41.8 Å². The van der Waals surface area contributed by atoms with Gasteiger partial charge in [-0.05, 0) is 42.8 Å². The summed E-state index contributed by atoms with van der Waals surface area (Å²) in [6.07, 6.45) is 0.936. The highest BCUT2D eigenvalue weighted by Gasteiger charge is 2.13. The minimum Gasteiger partial charge on any atom is -0.461 e. The molecule has 0 amide bonds. The Morgan fingerprint density at radius 1 is 1.31 bits per heavy atom. The van der Waals surface area contributed by atoms with Crippen molar-refractivity contribution in [1.82, 2.24) is 0 Å². The molecule has 1 nitrogen and oxygen atoms in total. The largest absolute Gasteiger partial charge is 0.461 e. The third-order valence-corrected chi connectivity index (χ3v) is 2.66. The zero-order valence-corrected chi connectivity index (χ0v) is 10.3. The summed E-state index contributed by atoms with van der Waals surface area (Å²) in [5.74, 6) is 0.489. The number of hydrogen-bond donors (Lipinski definition) is 0. The summed E-state index contributed by atoms with van der Waals surface area (Å²) >= 11 is 0. The predicted octanol–water partition coefficient (Wildman–Crippen LogP) is 4.64. The van der Waals surface area contributed by atoms with Gasteiger partial charge in [-0.1, -0.05) is 32.9 Å². The first kappa shape index (κ1) is 7.94. The van der Waals surface area contributed by atoms with Gasteiger partial charge in [0.1, 0.15) is 11.3 Å². The zero-order valence-electron chi connectivity index (χ0n) is 13.3. The van der Waals surface area contributed by atoms with Gasteiger partial charge in [0.15, 0.2) is 0 Å².